The minimum absolute atomic E-state index is 0.106. The molecular formula is C20H18N4O3. The maximum atomic E-state index is 11.1. The van der Waals surface area contributed by atoms with E-state index in [1.54, 1.807) is 0 Å². The van der Waals surface area contributed by atoms with Crippen LogP contribution in [0.2, 0.25) is 0 Å². The summed E-state index contributed by atoms with van der Waals surface area (Å²) in [6, 6.07) is 13.7. The third kappa shape index (κ3) is 3.87. The first-order chi connectivity index (χ1) is 13.2. The van der Waals surface area contributed by atoms with Crippen molar-refractivity contribution in [2.75, 3.05) is 13.7 Å². The Morgan fingerprint density at radius 2 is 2.00 bits per heavy atom. The van der Waals surface area contributed by atoms with Gasteiger partial charge in [-0.3, -0.25) is 5.10 Å². The molecule has 4 rings (SSSR count). The summed E-state index contributed by atoms with van der Waals surface area (Å²) >= 11 is 0. The zero-order valence-corrected chi connectivity index (χ0v) is 14.8. The van der Waals surface area contributed by atoms with E-state index in [0.717, 1.165) is 34.3 Å². The lowest BCUT2D eigenvalue weighted by Crippen LogP contribution is -2.12. The van der Waals surface area contributed by atoms with Gasteiger partial charge in [0.2, 0.25) is 0 Å². The number of carbonyl (C=O) groups is 1. The van der Waals surface area contributed by atoms with Gasteiger partial charge in [0.25, 0.3) is 0 Å². The van der Waals surface area contributed by atoms with Crippen molar-refractivity contribution in [1.82, 2.24) is 10.2 Å². The molecule has 7 nitrogen and oxygen atoms in total. The molecule has 27 heavy (non-hydrogen) atoms. The Labute approximate surface area is 155 Å². The van der Waals surface area contributed by atoms with Gasteiger partial charge < -0.3 is 9.47 Å². The molecule has 0 amide bonds. The standard InChI is InChI=1S/C20H18N4O3/c1-26-20(25)12-27-17-5-3-14(4-6-17)19-10-16(22-24-19)9-13-2-7-18-15(8-13)11-21-23-18/h2-8,11H,9-10,12H2,1H3,(H,21,23). The highest BCUT2D eigenvalue weighted by molar-refractivity contribution is 6.15. The van der Waals surface area contributed by atoms with Gasteiger partial charge in [0, 0.05) is 18.2 Å². The number of hydrogen-bond donors (Lipinski definition) is 1. The molecule has 136 valence electrons. The topological polar surface area (TPSA) is 88.9 Å². The summed E-state index contributed by atoms with van der Waals surface area (Å²) in [6.07, 6.45) is 3.29. The number of hydrogen-bond acceptors (Lipinski definition) is 6. The van der Waals surface area contributed by atoms with E-state index in [-0.39, 0.29) is 6.61 Å². The van der Waals surface area contributed by atoms with Gasteiger partial charge in [-0.2, -0.15) is 15.3 Å². The van der Waals surface area contributed by atoms with Crippen molar-refractivity contribution >= 4 is 28.3 Å². The van der Waals surface area contributed by atoms with E-state index in [0.29, 0.717) is 12.2 Å². The fourth-order valence-corrected chi connectivity index (χ4v) is 2.94. The lowest BCUT2D eigenvalue weighted by Gasteiger charge is -2.06. The van der Waals surface area contributed by atoms with Gasteiger partial charge >= 0.3 is 5.97 Å². The van der Waals surface area contributed by atoms with Crippen molar-refractivity contribution in [2.45, 2.75) is 12.8 Å². The van der Waals surface area contributed by atoms with E-state index >= 15 is 0 Å². The highest BCUT2D eigenvalue weighted by Gasteiger charge is 2.15. The molecule has 0 saturated heterocycles. The molecule has 0 bridgehead atoms. The highest BCUT2D eigenvalue weighted by Crippen LogP contribution is 2.19. The molecule has 1 N–H and O–H groups in total. The molecule has 0 saturated carbocycles. The van der Waals surface area contributed by atoms with Crippen molar-refractivity contribution in [2.24, 2.45) is 10.2 Å². The average molecular weight is 362 g/mol. The summed E-state index contributed by atoms with van der Waals surface area (Å²) in [5.41, 5.74) is 5.15. The van der Waals surface area contributed by atoms with E-state index < -0.39 is 5.97 Å². The van der Waals surface area contributed by atoms with Crippen LogP contribution >= 0.6 is 0 Å². The number of aromatic nitrogens is 2. The number of rotatable bonds is 6. The Bertz CT molecular complexity index is 1030. The number of nitrogens with one attached hydrogen (secondary N) is 1. The monoisotopic (exact) mass is 362 g/mol. The lowest BCUT2D eigenvalue weighted by molar-refractivity contribution is -0.142. The van der Waals surface area contributed by atoms with Crippen LogP contribution in [0.25, 0.3) is 10.9 Å². The van der Waals surface area contributed by atoms with Crippen molar-refractivity contribution < 1.29 is 14.3 Å². The molecule has 0 aliphatic carbocycles. The number of nitrogens with zero attached hydrogens (tertiary/aromatic N) is 3. The van der Waals surface area contributed by atoms with Gasteiger partial charge in [-0.05, 0) is 47.5 Å². The molecule has 0 fully saturated rings. The summed E-state index contributed by atoms with van der Waals surface area (Å²) in [7, 11) is 1.33. The molecule has 7 heteroatoms. The van der Waals surface area contributed by atoms with E-state index in [1.165, 1.54) is 12.7 Å². The molecule has 0 radical (unpaired) electrons. The van der Waals surface area contributed by atoms with Crippen LogP contribution in [-0.2, 0) is 16.0 Å². The molecule has 0 spiro atoms. The second-order valence-electron chi connectivity index (χ2n) is 6.25. The molecule has 2 aromatic carbocycles. The maximum Gasteiger partial charge on any atom is 0.343 e. The third-order valence-electron chi connectivity index (χ3n) is 4.37. The Morgan fingerprint density at radius 3 is 2.81 bits per heavy atom. The van der Waals surface area contributed by atoms with Crippen LogP contribution in [-0.4, -0.2) is 41.3 Å². The van der Waals surface area contributed by atoms with Crippen LogP contribution in [0.4, 0.5) is 0 Å². The summed E-state index contributed by atoms with van der Waals surface area (Å²) < 4.78 is 9.91. The number of aromatic amines is 1. The van der Waals surface area contributed by atoms with Crippen LogP contribution in [0.5, 0.6) is 5.75 Å². The molecule has 0 atom stereocenters. The van der Waals surface area contributed by atoms with Crippen LogP contribution in [0.3, 0.4) is 0 Å². The quantitative estimate of drug-likeness (QED) is 0.683. The fourth-order valence-electron chi connectivity index (χ4n) is 2.94. The van der Waals surface area contributed by atoms with E-state index in [1.807, 2.05) is 36.5 Å². The van der Waals surface area contributed by atoms with E-state index in [4.69, 9.17) is 4.74 Å². The molecule has 2 heterocycles. The Hall–Kier alpha value is -3.48. The maximum absolute atomic E-state index is 11.1. The number of benzene rings is 2. The Balaban J connectivity index is 1.36. The second kappa shape index (κ2) is 7.41. The third-order valence-corrected chi connectivity index (χ3v) is 4.37. The Kier molecular flexibility index (Phi) is 4.65. The van der Waals surface area contributed by atoms with Crippen molar-refractivity contribution in [3.8, 4) is 5.75 Å². The largest absolute Gasteiger partial charge is 0.482 e. The normalized spacial score (nSPS) is 13.4. The van der Waals surface area contributed by atoms with Gasteiger partial charge in [-0.25, -0.2) is 4.79 Å². The predicted molar refractivity (Wildman–Crippen MR) is 102 cm³/mol. The molecule has 3 aromatic rings. The molecule has 1 aliphatic heterocycles. The molecule has 0 unspecified atom stereocenters. The molecule has 1 aliphatic rings. The van der Waals surface area contributed by atoms with Gasteiger partial charge in [-0.1, -0.05) is 6.07 Å². The van der Waals surface area contributed by atoms with Gasteiger partial charge in [-0.15, -0.1) is 0 Å². The van der Waals surface area contributed by atoms with E-state index in [9.17, 15) is 4.79 Å². The SMILES string of the molecule is COC(=O)COc1ccc(C2=NN=C(Cc3ccc4[nH]ncc4c3)C2)cc1. The highest BCUT2D eigenvalue weighted by atomic mass is 16.6. The van der Waals surface area contributed by atoms with Gasteiger partial charge in [0.05, 0.1) is 30.2 Å². The summed E-state index contributed by atoms with van der Waals surface area (Å²) in [5, 5.41) is 16.8. The summed E-state index contributed by atoms with van der Waals surface area (Å²) in [4.78, 5) is 11.1. The number of H-pyrrole nitrogens is 1. The van der Waals surface area contributed by atoms with Crippen LogP contribution in [0, 0.1) is 0 Å². The minimum Gasteiger partial charge on any atom is -0.482 e. The second-order valence-corrected chi connectivity index (χ2v) is 6.25. The summed E-state index contributed by atoms with van der Waals surface area (Å²) in [6.45, 7) is -0.106. The summed E-state index contributed by atoms with van der Waals surface area (Å²) in [5.74, 6) is 0.197. The first kappa shape index (κ1) is 17.0. The first-order valence-corrected chi connectivity index (χ1v) is 8.55. The van der Waals surface area contributed by atoms with Gasteiger partial charge in [0.15, 0.2) is 6.61 Å². The van der Waals surface area contributed by atoms with Crippen LogP contribution < -0.4 is 4.74 Å². The number of esters is 1. The zero-order valence-electron chi connectivity index (χ0n) is 14.8. The predicted octanol–water partition coefficient (Wildman–Crippen LogP) is 2.91. The van der Waals surface area contributed by atoms with Crippen molar-refractivity contribution in [1.29, 1.82) is 0 Å². The molecule has 1 aromatic heterocycles. The number of ether oxygens (including phenoxy) is 2. The van der Waals surface area contributed by atoms with Crippen LogP contribution in [0.1, 0.15) is 17.5 Å². The number of fused-ring (bicyclic) bond motifs is 1. The average Bonchev–Trinajstić information content (AvgIpc) is 3.35. The van der Waals surface area contributed by atoms with Gasteiger partial charge in [0.1, 0.15) is 5.75 Å². The Morgan fingerprint density at radius 1 is 1.15 bits per heavy atom. The van der Waals surface area contributed by atoms with E-state index in [2.05, 4.69) is 37.3 Å². The van der Waals surface area contributed by atoms with Crippen LogP contribution in [0.15, 0.2) is 58.9 Å². The number of methoxy groups -OCH3 is 1. The fraction of sp³-hybridized carbons (Fsp3) is 0.200. The zero-order chi connectivity index (χ0) is 18.6. The minimum atomic E-state index is -0.411. The van der Waals surface area contributed by atoms with Crippen molar-refractivity contribution in [3.05, 3.63) is 59.8 Å². The molecular weight excluding hydrogens is 344 g/mol. The lowest BCUT2D eigenvalue weighted by atomic mass is 10.0. The smallest absolute Gasteiger partial charge is 0.343 e. The van der Waals surface area contributed by atoms with Crippen molar-refractivity contribution in [3.63, 3.8) is 0 Å². The first-order valence-electron chi connectivity index (χ1n) is 8.55. The number of carbonyl (C=O) groups excluding carboxylic acids is 1.